The Hall–Kier alpha value is -1.94. The molecule has 0 aliphatic heterocycles. The lowest BCUT2D eigenvalue weighted by molar-refractivity contribution is -0.161. The normalized spacial score (nSPS) is 14.0. The SMILES string of the molecule is CCCCCCCCCCCCCCCCCCCCCCC(=O)OC[C@H](COP(=O)(O)OC[C@@H](O)COP(=O)(O)OC[C@@H](COC(=O)CCCCCCCCC)OC(=O)CCCCCCCCCCCCCCCCCC(C)C)OC(=O)CCCCCCCCCCCCCCCCCCCCC(C)CC. The van der Waals surface area contributed by atoms with E-state index in [1.165, 1.54) is 276 Å². The first-order valence-electron chi connectivity index (χ1n) is 45.5. The van der Waals surface area contributed by atoms with Crippen molar-refractivity contribution < 1.29 is 80.2 Å². The van der Waals surface area contributed by atoms with Crippen molar-refractivity contribution in [3.8, 4) is 0 Å². The number of aliphatic hydroxyl groups excluding tert-OH is 1. The van der Waals surface area contributed by atoms with Crippen LogP contribution in [0.4, 0.5) is 0 Å². The van der Waals surface area contributed by atoms with E-state index >= 15 is 0 Å². The van der Waals surface area contributed by atoms with Gasteiger partial charge in [0.15, 0.2) is 12.2 Å². The summed E-state index contributed by atoms with van der Waals surface area (Å²) in [4.78, 5) is 73.1. The minimum absolute atomic E-state index is 0.108. The molecule has 0 spiro atoms. The van der Waals surface area contributed by atoms with Gasteiger partial charge in [-0.2, -0.15) is 0 Å². The lowest BCUT2D eigenvalue weighted by Gasteiger charge is -2.21. The molecule has 0 bridgehead atoms. The van der Waals surface area contributed by atoms with Gasteiger partial charge in [0, 0.05) is 25.7 Å². The molecule has 0 amide bonds. The van der Waals surface area contributed by atoms with E-state index < -0.39 is 97.5 Å². The van der Waals surface area contributed by atoms with Crippen molar-refractivity contribution in [2.45, 2.75) is 490 Å². The largest absolute Gasteiger partial charge is 0.472 e. The number of carbonyl (C=O) groups excluding carboxylic acids is 4. The molecule has 3 N–H and O–H groups in total. The van der Waals surface area contributed by atoms with Crippen molar-refractivity contribution >= 4 is 39.5 Å². The van der Waals surface area contributed by atoms with Crippen LogP contribution >= 0.6 is 15.6 Å². The molecule has 6 atom stereocenters. The average Bonchev–Trinajstić information content (AvgIpc) is 0.904. The topological polar surface area (TPSA) is 237 Å². The summed E-state index contributed by atoms with van der Waals surface area (Å²) in [7, 11) is -9.92. The second kappa shape index (κ2) is 79.3. The highest BCUT2D eigenvalue weighted by Gasteiger charge is 2.31. The summed E-state index contributed by atoms with van der Waals surface area (Å²) in [6.45, 7) is 9.73. The fourth-order valence-corrected chi connectivity index (χ4v) is 15.3. The van der Waals surface area contributed by atoms with Gasteiger partial charge in [-0.1, -0.05) is 420 Å². The molecule has 107 heavy (non-hydrogen) atoms. The quantitative estimate of drug-likeness (QED) is 0.0222. The Kier molecular flexibility index (Phi) is 77.9. The Morgan fingerprint density at radius 1 is 0.271 bits per heavy atom. The molecule has 0 aromatic heterocycles. The summed E-state index contributed by atoms with van der Waals surface area (Å²) < 4.78 is 68.8. The molecule has 0 fully saturated rings. The smallest absolute Gasteiger partial charge is 0.462 e. The molecule has 0 aliphatic carbocycles. The molecule has 3 unspecified atom stereocenters. The number of carbonyl (C=O) groups is 4. The van der Waals surface area contributed by atoms with Crippen LogP contribution in [0.1, 0.15) is 472 Å². The second-order valence-corrected chi connectivity index (χ2v) is 35.3. The monoisotopic (exact) mass is 1560 g/mol. The van der Waals surface area contributed by atoms with E-state index in [9.17, 15) is 43.2 Å². The molecule has 0 aromatic rings. The van der Waals surface area contributed by atoms with Crippen LogP contribution in [0.25, 0.3) is 0 Å². The number of hydrogen-bond acceptors (Lipinski definition) is 15. The van der Waals surface area contributed by atoms with Crippen molar-refractivity contribution in [1.29, 1.82) is 0 Å². The summed E-state index contributed by atoms with van der Waals surface area (Å²) in [6, 6.07) is 0. The molecular formula is C88H172O17P2. The Balaban J connectivity index is 5.15. The first kappa shape index (κ1) is 105. The number of rotatable bonds is 87. The van der Waals surface area contributed by atoms with Crippen LogP contribution in [0.3, 0.4) is 0 Å². The van der Waals surface area contributed by atoms with Crippen LogP contribution in [0, 0.1) is 11.8 Å². The van der Waals surface area contributed by atoms with Crippen molar-refractivity contribution in [1.82, 2.24) is 0 Å². The Labute approximate surface area is 658 Å². The van der Waals surface area contributed by atoms with E-state index in [0.717, 1.165) is 115 Å². The van der Waals surface area contributed by atoms with Gasteiger partial charge in [-0.3, -0.25) is 37.3 Å². The summed E-state index contributed by atoms with van der Waals surface area (Å²) in [5.74, 6) is -0.431. The zero-order chi connectivity index (χ0) is 78.5. The number of esters is 4. The predicted octanol–water partition coefficient (Wildman–Crippen LogP) is 27.0. The van der Waals surface area contributed by atoms with E-state index in [1.807, 2.05) is 0 Å². The molecule has 0 saturated heterocycles. The van der Waals surface area contributed by atoms with Gasteiger partial charge < -0.3 is 33.8 Å². The number of hydrogen-bond donors (Lipinski definition) is 3. The number of ether oxygens (including phenoxy) is 4. The summed E-state index contributed by atoms with van der Waals surface area (Å²) in [5, 5.41) is 10.7. The van der Waals surface area contributed by atoms with Gasteiger partial charge in [-0.05, 0) is 37.5 Å². The summed E-state index contributed by atoms with van der Waals surface area (Å²) in [6.07, 6.45) is 72.5. The molecule has 19 heteroatoms. The third-order valence-corrected chi connectivity index (χ3v) is 23.0. The number of phosphoric acid groups is 2. The molecule has 0 aromatic carbocycles. The molecule has 0 rings (SSSR count). The highest BCUT2D eigenvalue weighted by atomic mass is 31.2. The molecule has 0 saturated carbocycles. The fourth-order valence-electron chi connectivity index (χ4n) is 13.7. The van der Waals surface area contributed by atoms with E-state index in [0.29, 0.717) is 25.7 Å². The Bertz CT molecular complexity index is 2050. The molecule has 0 radical (unpaired) electrons. The molecular weight excluding hydrogens is 1390 g/mol. The van der Waals surface area contributed by atoms with Crippen LogP contribution in [0.15, 0.2) is 0 Å². The van der Waals surface area contributed by atoms with Crippen molar-refractivity contribution in [2.24, 2.45) is 11.8 Å². The summed E-state index contributed by atoms with van der Waals surface area (Å²) >= 11 is 0. The first-order chi connectivity index (χ1) is 51.9. The highest BCUT2D eigenvalue weighted by Crippen LogP contribution is 2.45. The second-order valence-electron chi connectivity index (χ2n) is 32.4. The van der Waals surface area contributed by atoms with Gasteiger partial charge >= 0.3 is 39.5 Å². The van der Waals surface area contributed by atoms with Crippen molar-refractivity contribution in [3.05, 3.63) is 0 Å². The third kappa shape index (κ3) is 80.5. The van der Waals surface area contributed by atoms with Gasteiger partial charge in [0.05, 0.1) is 26.4 Å². The van der Waals surface area contributed by atoms with Gasteiger partial charge in [0.25, 0.3) is 0 Å². The lowest BCUT2D eigenvalue weighted by Crippen LogP contribution is -2.30. The van der Waals surface area contributed by atoms with Crippen LogP contribution in [-0.2, 0) is 65.4 Å². The third-order valence-electron chi connectivity index (χ3n) is 21.1. The molecule has 636 valence electrons. The molecule has 0 aliphatic rings. The Morgan fingerprint density at radius 2 is 0.477 bits per heavy atom. The molecule has 0 heterocycles. The maximum absolute atomic E-state index is 13.2. The first-order valence-corrected chi connectivity index (χ1v) is 48.5. The minimum atomic E-state index is -4.97. The zero-order valence-corrected chi connectivity index (χ0v) is 72.2. The van der Waals surface area contributed by atoms with E-state index in [2.05, 4.69) is 41.5 Å². The van der Waals surface area contributed by atoms with E-state index in [4.69, 9.17) is 37.0 Å². The van der Waals surface area contributed by atoms with Crippen LogP contribution in [-0.4, -0.2) is 96.7 Å². The van der Waals surface area contributed by atoms with Gasteiger partial charge in [-0.15, -0.1) is 0 Å². The van der Waals surface area contributed by atoms with Crippen molar-refractivity contribution in [3.63, 3.8) is 0 Å². The number of unbranched alkanes of at least 4 members (excludes halogenated alkanes) is 56. The average molecular weight is 1560 g/mol. The van der Waals surface area contributed by atoms with Crippen LogP contribution < -0.4 is 0 Å². The molecule has 17 nitrogen and oxygen atoms in total. The number of phosphoric ester groups is 2. The number of aliphatic hydroxyl groups is 1. The fraction of sp³-hybridized carbons (Fsp3) is 0.955. The van der Waals surface area contributed by atoms with Crippen LogP contribution in [0.5, 0.6) is 0 Å². The standard InChI is InChI=1S/C88H172O17P2/c1-7-10-12-14-16-17-18-19-20-21-22-23-27-32-37-42-47-53-59-65-71-86(91)99-77-84(105-88(93)73-66-60-54-48-43-38-33-28-25-24-26-31-36-41-46-52-57-63-69-81(6)9-3)79-103-107(96,97)101-75-82(89)74-100-106(94,95)102-78-83(76-98-85(90)70-64-58-50-15-13-11-8-2)104-87(92)72-67-61-55-49-44-39-34-29-30-35-40-45-51-56-62-68-80(4)5/h80-84,89H,7-79H2,1-6H3,(H,94,95)(H,96,97)/t81?,82-,83+,84+/m0/s1. The van der Waals surface area contributed by atoms with Crippen molar-refractivity contribution in [2.75, 3.05) is 39.6 Å². The lowest BCUT2D eigenvalue weighted by atomic mass is 9.99. The zero-order valence-electron chi connectivity index (χ0n) is 70.5. The van der Waals surface area contributed by atoms with Gasteiger partial charge in [-0.25, -0.2) is 9.13 Å². The van der Waals surface area contributed by atoms with E-state index in [-0.39, 0.29) is 25.7 Å². The predicted molar refractivity (Wildman–Crippen MR) is 442 cm³/mol. The summed E-state index contributed by atoms with van der Waals surface area (Å²) in [5.41, 5.74) is 0. The van der Waals surface area contributed by atoms with E-state index in [1.54, 1.807) is 0 Å². The minimum Gasteiger partial charge on any atom is -0.462 e. The Morgan fingerprint density at radius 3 is 0.710 bits per heavy atom. The van der Waals surface area contributed by atoms with Crippen LogP contribution in [0.2, 0.25) is 0 Å². The maximum Gasteiger partial charge on any atom is 0.472 e. The van der Waals surface area contributed by atoms with Gasteiger partial charge in [0.2, 0.25) is 0 Å². The van der Waals surface area contributed by atoms with Gasteiger partial charge in [0.1, 0.15) is 19.3 Å². The highest BCUT2D eigenvalue weighted by molar-refractivity contribution is 7.47. The maximum atomic E-state index is 13.2.